The molecular formula is C18H22ClN3O. The zero-order chi connectivity index (χ0) is 16.4. The maximum absolute atomic E-state index is 12.6. The van der Waals surface area contributed by atoms with Crippen molar-refractivity contribution in [1.82, 2.24) is 15.6 Å². The van der Waals surface area contributed by atoms with Crippen molar-refractivity contribution >= 4 is 17.5 Å². The molecule has 0 spiro atoms. The van der Waals surface area contributed by atoms with Crippen molar-refractivity contribution in [1.29, 1.82) is 0 Å². The topological polar surface area (TPSA) is 54.0 Å². The van der Waals surface area contributed by atoms with Crippen LogP contribution in [0.25, 0.3) is 0 Å². The Kier molecular flexibility index (Phi) is 4.44. The summed E-state index contributed by atoms with van der Waals surface area (Å²) < 4.78 is 0. The molecule has 0 unspecified atom stereocenters. The SMILES string of the molecule is C/C=C(\C=C(/NC)C(=O)NC1(c2ccc(Cl)nc2)CC1)C1CC1. The van der Waals surface area contributed by atoms with Gasteiger partial charge in [-0.2, -0.15) is 0 Å². The summed E-state index contributed by atoms with van der Waals surface area (Å²) in [5.74, 6) is 0.548. The minimum atomic E-state index is -0.291. The van der Waals surface area contributed by atoms with Gasteiger partial charge in [0.1, 0.15) is 5.15 Å². The molecule has 0 saturated heterocycles. The zero-order valence-corrected chi connectivity index (χ0v) is 14.3. The van der Waals surface area contributed by atoms with Crippen LogP contribution in [0.5, 0.6) is 0 Å². The first-order chi connectivity index (χ1) is 11.1. The molecule has 1 amide bonds. The highest BCUT2D eigenvalue weighted by molar-refractivity contribution is 6.29. The van der Waals surface area contributed by atoms with E-state index in [9.17, 15) is 4.79 Å². The van der Waals surface area contributed by atoms with E-state index < -0.39 is 0 Å². The molecule has 3 rings (SSSR count). The van der Waals surface area contributed by atoms with Crippen molar-refractivity contribution < 1.29 is 4.79 Å². The molecule has 2 aliphatic rings. The molecule has 5 heteroatoms. The highest BCUT2D eigenvalue weighted by atomic mass is 35.5. The van der Waals surface area contributed by atoms with Crippen molar-refractivity contribution in [3.8, 4) is 0 Å². The number of pyridine rings is 1. The Balaban J connectivity index is 1.74. The lowest BCUT2D eigenvalue weighted by Gasteiger charge is -2.19. The summed E-state index contributed by atoms with van der Waals surface area (Å²) in [4.78, 5) is 16.8. The highest BCUT2D eigenvalue weighted by Gasteiger charge is 2.46. The first kappa shape index (κ1) is 16.1. The van der Waals surface area contributed by atoms with E-state index in [1.165, 1.54) is 18.4 Å². The van der Waals surface area contributed by atoms with Crippen LogP contribution >= 0.6 is 11.6 Å². The Hall–Kier alpha value is -1.81. The molecule has 0 radical (unpaired) electrons. The van der Waals surface area contributed by atoms with Crippen LogP contribution in [0.4, 0.5) is 0 Å². The predicted octanol–water partition coefficient (Wildman–Crippen LogP) is 3.30. The number of nitrogens with zero attached hydrogens (tertiary/aromatic N) is 1. The fourth-order valence-electron chi connectivity index (χ4n) is 2.83. The number of hydrogen-bond donors (Lipinski definition) is 2. The van der Waals surface area contributed by atoms with Gasteiger partial charge in [0.05, 0.1) is 11.2 Å². The number of hydrogen-bond acceptors (Lipinski definition) is 3. The van der Waals surface area contributed by atoms with Gasteiger partial charge in [0.25, 0.3) is 5.91 Å². The van der Waals surface area contributed by atoms with Crippen LogP contribution in [0.1, 0.15) is 38.2 Å². The second-order valence-electron chi connectivity index (χ2n) is 6.28. The van der Waals surface area contributed by atoms with Crippen LogP contribution in [0, 0.1) is 5.92 Å². The molecule has 23 heavy (non-hydrogen) atoms. The summed E-state index contributed by atoms with van der Waals surface area (Å²) in [5.41, 5.74) is 2.57. The van der Waals surface area contributed by atoms with E-state index in [-0.39, 0.29) is 11.4 Å². The second-order valence-corrected chi connectivity index (χ2v) is 6.66. The molecule has 0 atom stereocenters. The van der Waals surface area contributed by atoms with Crippen molar-refractivity contribution in [3.63, 3.8) is 0 Å². The molecule has 2 N–H and O–H groups in total. The van der Waals surface area contributed by atoms with Gasteiger partial charge in [-0.3, -0.25) is 4.79 Å². The standard InChI is InChI=1S/C18H22ClN3O/c1-3-12(13-4-5-13)10-15(20-2)17(23)22-18(8-9-18)14-6-7-16(19)21-11-14/h3,6-7,10-11,13,20H,4-5,8-9H2,1-2H3,(H,22,23)/b12-3+,15-10-. The number of nitrogens with one attached hydrogen (secondary N) is 2. The normalized spacial score (nSPS) is 20.1. The lowest BCUT2D eigenvalue weighted by molar-refractivity contribution is -0.118. The molecule has 1 aromatic heterocycles. The van der Waals surface area contributed by atoms with Gasteiger partial charge in [-0.25, -0.2) is 4.98 Å². The number of carbonyl (C=O) groups is 1. The molecule has 4 nitrogen and oxygen atoms in total. The molecular weight excluding hydrogens is 310 g/mol. The van der Waals surface area contributed by atoms with Gasteiger partial charge in [-0.15, -0.1) is 0 Å². The molecule has 2 aliphatic carbocycles. The predicted molar refractivity (Wildman–Crippen MR) is 91.9 cm³/mol. The van der Waals surface area contributed by atoms with E-state index in [0.717, 1.165) is 18.4 Å². The smallest absolute Gasteiger partial charge is 0.268 e. The molecule has 122 valence electrons. The molecule has 2 fully saturated rings. The molecule has 1 heterocycles. The van der Waals surface area contributed by atoms with E-state index in [0.29, 0.717) is 16.8 Å². The Morgan fingerprint density at radius 3 is 2.61 bits per heavy atom. The number of amides is 1. The van der Waals surface area contributed by atoms with E-state index in [1.54, 1.807) is 19.3 Å². The number of likely N-dealkylation sites (N-methyl/N-ethyl adjacent to an activating group) is 1. The van der Waals surface area contributed by atoms with Crippen molar-refractivity contribution in [2.45, 2.75) is 38.1 Å². The van der Waals surface area contributed by atoms with Gasteiger partial charge in [0.15, 0.2) is 0 Å². The third kappa shape index (κ3) is 3.58. The van der Waals surface area contributed by atoms with Crippen LogP contribution in [0.15, 0.2) is 41.8 Å². The van der Waals surface area contributed by atoms with Crippen LogP contribution < -0.4 is 10.6 Å². The largest absolute Gasteiger partial charge is 0.384 e. The average Bonchev–Trinajstić information content (AvgIpc) is 3.44. The summed E-state index contributed by atoms with van der Waals surface area (Å²) in [6.07, 6.45) is 10.1. The van der Waals surface area contributed by atoms with Crippen LogP contribution in [0.3, 0.4) is 0 Å². The van der Waals surface area contributed by atoms with Gasteiger partial charge in [0.2, 0.25) is 0 Å². The number of aromatic nitrogens is 1. The zero-order valence-electron chi connectivity index (χ0n) is 13.5. The molecule has 0 aromatic carbocycles. The van der Waals surface area contributed by atoms with Gasteiger partial charge in [-0.05, 0) is 61.8 Å². The Bertz CT molecular complexity index is 655. The molecule has 2 saturated carbocycles. The van der Waals surface area contributed by atoms with Crippen molar-refractivity contribution in [3.05, 3.63) is 52.5 Å². The molecule has 0 aliphatic heterocycles. The summed E-state index contributed by atoms with van der Waals surface area (Å²) in [7, 11) is 1.79. The van der Waals surface area contributed by atoms with Gasteiger partial charge < -0.3 is 10.6 Å². The van der Waals surface area contributed by atoms with Crippen LogP contribution in [-0.4, -0.2) is 17.9 Å². The summed E-state index contributed by atoms with van der Waals surface area (Å²) in [6, 6.07) is 3.70. The third-order valence-electron chi connectivity index (χ3n) is 4.59. The monoisotopic (exact) mass is 331 g/mol. The van der Waals surface area contributed by atoms with E-state index in [1.807, 2.05) is 19.1 Å². The van der Waals surface area contributed by atoms with Crippen LogP contribution in [-0.2, 0) is 10.3 Å². The minimum absolute atomic E-state index is 0.0695. The lowest BCUT2D eigenvalue weighted by Crippen LogP contribution is -2.38. The fraction of sp³-hybridized carbons (Fsp3) is 0.444. The number of carbonyl (C=O) groups excluding carboxylic acids is 1. The number of halogens is 1. The summed E-state index contributed by atoms with van der Waals surface area (Å²) in [5, 5.41) is 6.66. The van der Waals surface area contributed by atoms with Crippen LogP contribution in [0.2, 0.25) is 5.15 Å². The van der Waals surface area contributed by atoms with Gasteiger partial charge >= 0.3 is 0 Å². The van der Waals surface area contributed by atoms with E-state index in [4.69, 9.17) is 11.6 Å². The average molecular weight is 332 g/mol. The van der Waals surface area contributed by atoms with E-state index >= 15 is 0 Å². The summed E-state index contributed by atoms with van der Waals surface area (Å²) in [6.45, 7) is 2.02. The van der Waals surface area contributed by atoms with Crippen molar-refractivity contribution in [2.24, 2.45) is 5.92 Å². The number of allylic oxidation sites excluding steroid dienone is 3. The quantitative estimate of drug-likeness (QED) is 0.478. The van der Waals surface area contributed by atoms with E-state index in [2.05, 4.69) is 21.7 Å². The Labute approximate surface area is 142 Å². The number of rotatable bonds is 6. The molecule has 0 bridgehead atoms. The highest BCUT2D eigenvalue weighted by Crippen LogP contribution is 2.45. The Morgan fingerprint density at radius 2 is 2.13 bits per heavy atom. The maximum atomic E-state index is 12.6. The Morgan fingerprint density at radius 1 is 1.39 bits per heavy atom. The van der Waals surface area contributed by atoms with Gasteiger partial charge in [-0.1, -0.05) is 23.7 Å². The maximum Gasteiger partial charge on any atom is 0.268 e. The minimum Gasteiger partial charge on any atom is -0.384 e. The first-order valence-corrected chi connectivity index (χ1v) is 8.46. The fourth-order valence-corrected chi connectivity index (χ4v) is 2.94. The molecule has 1 aromatic rings. The second kappa shape index (κ2) is 6.36. The lowest BCUT2D eigenvalue weighted by atomic mass is 10.1. The van der Waals surface area contributed by atoms with Crippen molar-refractivity contribution in [2.75, 3.05) is 7.05 Å². The third-order valence-corrected chi connectivity index (χ3v) is 4.81. The first-order valence-electron chi connectivity index (χ1n) is 8.08. The van der Waals surface area contributed by atoms with Gasteiger partial charge in [0, 0.05) is 13.2 Å². The summed E-state index contributed by atoms with van der Waals surface area (Å²) >= 11 is 5.85.